The molecule has 0 aliphatic carbocycles. The minimum Gasteiger partial charge on any atom is -0.465 e. The number of carboxylic acid groups (broad SMARTS) is 1. The minimum atomic E-state index is -1.17. The molecule has 2 N–H and O–H groups in total. The Bertz CT molecular complexity index is 271. The van der Waals surface area contributed by atoms with Crippen molar-refractivity contribution < 1.29 is 19.4 Å². The Balaban J connectivity index is 2.62. The quantitative estimate of drug-likeness (QED) is 0.671. The van der Waals surface area contributed by atoms with Crippen molar-refractivity contribution in [2.75, 3.05) is 6.61 Å². The van der Waals surface area contributed by atoms with E-state index < -0.39 is 17.7 Å². The van der Waals surface area contributed by atoms with E-state index in [0.717, 1.165) is 0 Å². The van der Waals surface area contributed by atoms with Crippen LogP contribution in [0, 0.1) is 5.92 Å². The molecule has 0 saturated carbocycles. The molecule has 0 radical (unpaired) electrons. The second kappa shape index (κ2) is 4.18. The number of amides is 1. The van der Waals surface area contributed by atoms with Crippen LogP contribution in [0.2, 0.25) is 0 Å². The van der Waals surface area contributed by atoms with Gasteiger partial charge in [0.25, 0.3) is 0 Å². The molecule has 1 amide bonds. The maximum Gasteiger partial charge on any atom is 0.405 e. The molecule has 1 saturated heterocycles. The molecule has 0 aromatic rings. The van der Waals surface area contributed by atoms with Crippen LogP contribution in [0.4, 0.5) is 4.79 Å². The molecule has 1 aliphatic heterocycles. The number of epoxide rings is 1. The fourth-order valence-corrected chi connectivity index (χ4v) is 1.47. The molecule has 0 aromatic heterocycles. The summed E-state index contributed by atoms with van der Waals surface area (Å²) in [5, 5.41) is 10.9. The van der Waals surface area contributed by atoms with E-state index >= 15 is 0 Å². The first kappa shape index (κ1) is 12.0. The molecule has 15 heavy (non-hydrogen) atoms. The molecule has 86 valence electrons. The molecule has 1 unspecified atom stereocenters. The zero-order valence-corrected chi connectivity index (χ0v) is 9.24. The molecule has 1 aliphatic rings. The Morgan fingerprint density at radius 2 is 2.07 bits per heavy atom. The van der Waals surface area contributed by atoms with Gasteiger partial charge in [-0.05, 0) is 19.3 Å². The van der Waals surface area contributed by atoms with E-state index in [0.29, 0.717) is 13.0 Å². The summed E-state index contributed by atoms with van der Waals surface area (Å²) in [5.74, 6) is 0.0896. The second-order valence-corrected chi connectivity index (χ2v) is 4.52. The number of carbonyl (C=O) groups excluding carboxylic acids is 1. The van der Waals surface area contributed by atoms with Crippen molar-refractivity contribution >= 4 is 11.9 Å². The van der Waals surface area contributed by atoms with Crippen LogP contribution in [0.25, 0.3) is 0 Å². The molecule has 1 fully saturated rings. The topological polar surface area (TPSA) is 78.9 Å². The van der Waals surface area contributed by atoms with Gasteiger partial charge in [-0.2, -0.15) is 0 Å². The van der Waals surface area contributed by atoms with Gasteiger partial charge in [0.15, 0.2) is 5.78 Å². The van der Waals surface area contributed by atoms with Gasteiger partial charge in [-0.15, -0.1) is 0 Å². The Kier molecular flexibility index (Phi) is 3.34. The molecule has 5 heteroatoms. The number of rotatable bonds is 5. The van der Waals surface area contributed by atoms with Crippen LogP contribution in [0.3, 0.4) is 0 Å². The van der Waals surface area contributed by atoms with E-state index in [9.17, 15) is 9.59 Å². The number of carbonyl (C=O) groups is 2. The highest BCUT2D eigenvalue weighted by Crippen LogP contribution is 2.29. The molecule has 5 nitrogen and oxygen atoms in total. The SMILES string of the molecule is CC(C)CC(NC(=O)O)C(=O)[C@@]1(C)CO1. The van der Waals surface area contributed by atoms with E-state index in [1.165, 1.54) is 0 Å². The van der Waals surface area contributed by atoms with Crippen LogP contribution in [0.1, 0.15) is 27.2 Å². The number of Topliss-reactive ketones (excluding diaryl/α,β-unsaturated/α-hetero) is 1. The summed E-state index contributed by atoms with van der Waals surface area (Å²) in [5.41, 5.74) is -0.762. The summed E-state index contributed by atoms with van der Waals surface area (Å²) >= 11 is 0. The predicted octanol–water partition coefficient (Wildman–Crippen LogP) is 1.03. The largest absolute Gasteiger partial charge is 0.465 e. The highest BCUT2D eigenvalue weighted by molar-refractivity contribution is 5.95. The van der Waals surface area contributed by atoms with Crippen molar-refractivity contribution in [2.45, 2.75) is 38.8 Å². The van der Waals surface area contributed by atoms with E-state index in [1.807, 2.05) is 13.8 Å². The first-order valence-electron chi connectivity index (χ1n) is 5.03. The van der Waals surface area contributed by atoms with Gasteiger partial charge in [0.1, 0.15) is 5.60 Å². The number of ether oxygens (including phenoxy) is 1. The Labute approximate surface area is 88.8 Å². The zero-order valence-electron chi connectivity index (χ0n) is 9.24. The Morgan fingerprint density at radius 3 is 2.40 bits per heavy atom. The Hall–Kier alpha value is -1.10. The average molecular weight is 215 g/mol. The fourth-order valence-electron chi connectivity index (χ4n) is 1.47. The lowest BCUT2D eigenvalue weighted by Gasteiger charge is -2.19. The van der Waals surface area contributed by atoms with Gasteiger partial charge in [0, 0.05) is 0 Å². The van der Waals surface area contributed by atoms with Gasteiger partial charge in [-0.3, -0.25) is 4.79 Å². The molecule has 0 bridgehead atoms. The van der Waals surface area contributed by atoms with Crippen LogP contribution in [-0.2, 0) is 9.53 Å². The highest BCUT2D eigenvalue weighted by Gasteiger charge is 2.50. The minimum absolute atomic E-state index is 0.168. The lowest BCUT2D eigenvalue weighted by atomic mass is 9.94. The fraction of sp³-hybridized carbons (Fsp3) is 0.800. The molecule has 0 aromatic carbocycles. The van der Waals surface area contributed by atoms with E-state index in [1.54, 1.807) is 6.92 Å². The summed E-state index contributed by atoms with van der Waals surface area (Å²) < 4.78 is 5.02. The monoisotopic (exact) mass is 215 g/mol. The van der Waals surface area contributed by atoms with Crippen LogP contribution in [-0.4, -0.2) is 35.2 Å². The summed E-state index contributed by atoms with van der Waals surface area (Å²) in [4.78, 5) is 22.4. The van der Waals surface area contributed by atoms with Crippen LogP contribution in [0.5, 0.6) is 0 Å². The second-order valence-electron chi connectivity index (χ2n) is 4.52. The van der Waals surface area contributed by atoms with E-state index in [-0.39, 0.29) is 11.7 Å². The molecular formula is C10H17NO4. The first-order chi connectivity index (χ1) is 6.85. The third-order valence-corrected chi connectivity index (χ3v) is 2.42. The molecule has 2 atom stereocenters. The van der Waals surface area contributed by atoms with Crippen molar-refractivity contribution in [2.24, 2.45) is 5.92 Å². The van der Waals surface area contributed by atoms with Crippen molar-refractivity contribution in [1.29, 1.82) is 0 Å². The lowest BCUT2D eigenvalue weighted by Crippen LogP contribution is -2.46. The third kappa shape index (κ3) is 3.20. The summed E-state index contributed by atoms with van der Waals surface area (Å²) in [6, 6.07) is -0.657. The van der Waals surface area contributed by atoms with Gasteiger partial charge in [0.2, 0.25) is 0 Å². The maximum absolute atomic E-state index is 11.8. The zero-order chi connectivity index (χ0) is 11.6. The van der Waals surface area contributed by atoms with Crippen molar-refractivity contribution in [3.05, 3.63) is 0 Å². The van der Waals surface area contributed by atoms with Gasteiger partial charge in [0.05, 0.1) is 12.6 Å². The van der Waals surface area contributed by atoms with Crippen LogP contribution < -0.4 is 5.32 Å². The summed E-state index contributed by atoms with van der Waals surface area (Å²) in [7, 11) is 0. The van der Waals surface area contributed by atoms with Gasteiger partial charge < -0.3 is 15.2 Å². The predicted molar refractivity (Wildman–Crippen MR) is 53.8 cm³/mol. The Morgan fingerprint density at radius 1 is 1.53 bits per heavy atom. The van der Waals surface area contributed by atoms with Crippen molar-refractivity contribution in [3.8, 4) is 0 Å². The molecule has 1 heterocycles. The summed E-state index contributed by atoms with van der Waals surface area (Å²) in [6.07, 6.45) is -0.664. The summed E-state index contributed by atoms with van der Waals surface area (Å²) in [6.45, 7) is 5.97. The molecule has 1 rings (SSSR count). The van der Waals surface area contributed by atoms with Crippen molar-refractivity contribution in [3.63, 3.8) is 0 Å². The molecule has 0 spiro atoms. The van der Waals surface area contributed by atoms with Gasteiger partial charge >= 0.3 is 6.09 Å². The van der Waals surface area contributed by atoms with Gasteiger partial charge in [-0.1, -0.05) is 13.8 Å². The van der Waals surface area contributed by atoms with Crippen LogP contribution in [0.15, 0.2) is 0 Å². The standard InChI is InChI=1S/C10H17NO4/c1-6(2)4-7(11-9(13)14)8(12)10(3)5-15-10/h6-7,11H,4-5H2,1-3H3,(H,13,14)/t7?,10-/m1/s1. The lowest BCUT2D eigenvalue weighted by molar-refractivity contribution is -0.125. The maximum atomic E-state index is 11.8. The number of hydrogen-bond acceptors (Lipinski definition) is 3. The normalized spacial score (nSPS) is 26.1. The number of ketones is 1. The van der Waals surface area contributed by atoms with E-state index in [4.69, 9.17) is 9.84 Å². The average Bonchev–Trinajstić information content (AvgIpc) is 2.81. The van der Waals surface area contributed by atoms with Gasteiger partial charge in [-0.25, -0.2) is 4.79 Å². The van der Waals surface area contributed by atoms with Crippen molar-refractivity contribution in [1.82, 2.24) is 5.32 Å². The smallest absolute Gasteiger partial charge is 0.405 e. The highest BCUT2D eigenvalue weighted by atomic mass is 16.6. The number of hydrogen-bond donors (Lipinski definition) is 2. The number of nitrogens with one attached hydrogen (secondary N) is 1. The third-order valence-electron chi connectivity index (χ3n) is 2.42. The molecular weight excluding hydrogens is 198 g/mol. The van der Waals surface area contributed by atoms with Crippen LogP contribution >= 0.6 is 0 Å². The first-order valence-corrected chi connectivity index (χ1v) is 5.03. The van der Waals surface area contributed by atoms with E-state index in [2.05, 4.69) is 5.32 Å².